The molecule has 16 heavy (non-hydrogen) atoms. The summed E-state index contributed by atoms with van der Waals surface area (Å²) in [5.41, 5.74) is 4.24. The number of aliphatic hydroxyl groups is 1. The molecular formula is C14H19NO. The van der Waals surface area contributed by atoms with E-state index in [1.807, 2.05) is 0 Å². The van der Waals surface area contributed by atoms with Crippen molar-refractivity contribution in [1.82, 2.24) is 0 Å². The Hall–Kier alpha value is -1.02. The third kappa shape index (κ3) is 1.82. The molecule has 2 nitrogen and oxygen atoms in total. The molecular weight excluding hydrogens is 198 g/mol. The molecule has 1 saturated carbocycles. The van der Waals surface area contributed by atoms with E-state index in [9.17, 15) is 0 Å². The van der Waals surface area contributed by atoms with Crippen LogP contribution in [0.1, 0.15) is 24.0 Å². The van der Waals surface area contributed by atoms with Crippen molar-refractivity contribution in [2.24, 2.45) is 5.92 Å². The second kappa shape index (κ2) is 4.10. The van der Waals surface area contributed by atoms with Gasteiger partial charge in [0.05, 0.1) is 0 Å². The summed E-state index contributed by atoms with van der Waals surface area (Å²) in [7, 11) is 0. The van der Waals surface area contributed by atoms with E-state index < -0.39 is 0 Å². The third-order valence-corrected chi connectivity index (χ3v) is 3.73. The smallest absolute Gasteiger partial charge is 0.0472 e. The van der Waals surface area contributed by atoms with Gasteiger partial charge >= 0.3 is 0 Å². The van der Waals surface area contributed by atoms with Crippen molar-refractivity contribution in [3.63, 3.8) is 0 Å². The zero-order valence-electron chi connectivity index (χ0n) is 9.65. The number of fused-ring (bicyclic) bond motifs is 1. The van der Waals surface area contributed by atoms with E-state index in [1.54, 1.807) is 0 Å². The van der Waals surface area contributed by atoms with Gasteiger partial charge in [-0.1, -0.05) is 18.2 Å². The summed E-state index contributed by atoms with van der Waals surface area (Å²) in [4.78, 5) is 2.54. The summed E-state index contributed by atoms with van der Waals surface area (Å²) in [6, 6.07) is 6.54. The van der Waals surface area contributed by atoms with Crippen LogP contribution in [0, 0.1) is 5.92 Å². The van der Waals surface area contributed by atoms with Gasteiger partial charge in [-0.05, 0) is 42.7 Å². The maximum atomic E-state index is 9.11. The highest BCUT2D eigenvalue weighted by Crippen LogP contribution is 2.37. The predicted octanol–water partition coefficient (Wildman–Crippen LogP) is 1.99. The average molecular weight is 217 g/mol. The minimum Gasteiger partial charge on any atom is -0.396 e. The lowest BCUT2D eigenvalue weighted by molar-refractivity contribution is 0.299. The monoisotopic (exact) mass is 217 g/mol. The zero-order chi connectivity index (χ0) is 11.0. The van der Waals surface area contributed by atoms with Crippen LogP contribution in [-0.2, 0) is 12.8 Å². The highest BCUT2D eigenvalue weighted by molar-refractivity contribution is 5.63. The van der Waals surface area contributed by atoms with Gasteiger partial charge in [0.2, 0.25) is 0 Å². The summed E-state index contributed by atoms with van der Waals surface area (Å²) >= 11 is 0. The Labute approximate surface area is 96.9 Å². The molecule has 1 heterocycles. The molecule has 86 valence electrons. The van der Waals surface area contributed by atoms with Crippen LogP contribution in [0.2, 0.25) is 0 Å². The second-order valence-electron chi connectivity index (χ2n) is 5.04. The van der Waals surface area contributed by atoms with Crippen LogP contribution in [0.3, 0.4) is 0 Å². The molecule has 1 aliphatic carbocycles. The number of hydrogen-bond donors (Lipinski definition) is 1. The van der Waals surface area contributed by atoms with E-state index in [2.05, 4.69) is 23.1 Å². The Morgan fingerprint density at radius 1 is 1.31 bits per heavy atom. The fraction of sp³-hybridized carbons (Fsp3) is 0.571. The van der Waals surface area contributed by atoms with Crippen molar-refractivity contribution in [1.29, 1.82) is 0 Å². The highest BCUT2D eigenvalue weighted by Gasteiger charge is 2.28. The van der Waals surface area contributed by atoms with Crippen LogP contribution >= 0.6 is 0 Å². The predicted molar refractivity (Wildman–Crippen MR) is 65.9 cm³/mol. The quantitative estimate of drug-likeness (QED) is 0.833. The van der Waals surface area contributed by atoms with Gasteiger partial charge < -0.3 is 10.0 Å². The molecule has 3 rings (SSSR count). The fourth-order valence-corrected chi connectivity index (χ4v) is 2.74. The lowest BCUT2D eigenvalue weighted by atomic mass is 10.0. The van der Waals surface area contributed by atoms with Crippen LogP contribution < -0.4 is 4.90 Å². The largest absolute Gasteiger partial charge is 0.396 e. The molecule has 0 aromatic heterocycles. The molecule has 0 spiro atoms. The first-order valence-corrected chi connectivity index (χ1v) is 6.35. The van der Waals surface area contributed by atoms with E-state index in [0.29, 0.717) is 0 Å². The van der Waals surface area contributed by atoms with Crippen molar-refractivity contribution in [3.8, 4) is 0 Å². The molecule has 0 radical (unpaired) electrons. The normalized spacial score (nSPS) is 18.9. The van der Waals surface area contributed by atoms with Crippen LogP contribution in [0.15, 0.2) is 18.2 Å². The van der Waals surface area contributed by atoms with Crippen LogP contribution in [0.5, 0.6) is 0 Å². The Morgan fingerprint density at radius 3 is 2.94 bits per heavy atom. The first kappa shape index (κ1) is 10.2. The van der Waals surface area contributed by atoms with Crippen molar-refractivity contribution >= 4 is 5.69 Å². The maximum absolute atomic E-state index is 9.11. The average Bonchev–Trinajstić information content (AvgIpc) is 3.00. The Kier molecular flexibility index (Phi) is 2.60. The van der Waals surface area contributed by atoms with E-state index in [0.717, 1.165) is 12.3 Å². The molecule has 2 aliphatic rings. The van der Waals surface area contributed by atoms with E-state index >= 15 is 0 Å². The molecule has 1 aromatic rings. The Bertz CT molecular complexity index is 384. The molecule has 0 atom stereocenters. The molecule has 0 bridgehead atoms. The van der Waals surface area contributed by atoms with Crippen molar-refractivity contribution in [2.75, 3.05) is 24.6 Å². The molecule has 1 aromatic carbocycles. The maximum Gasteiger partial charge on any atom is 0.0472 e. The molecule has 1 fully saturated rings. The molecule has 1 aliphatic heterocycles. The lowest BCUT2D eigenvalue weighted by Crippen LogP contribution is -2.24. The van der Waals surface area contributed by atoms with Gasteiger partial charge in [-0.15, -0.1) is 0 Å². The zero-order valence-corrected chi connectivity index (χ0v) is 9.65. The van der Waals surface area contributed by atoms with Gasteiger partial charge in [0.1, 0.15) is 0 Å². The van der Waals surface area contributed by atoms with Gasteiger partial charge in [0, 0.05) is 25.4 Å². The number of anilines is 1. The first-order valence-electron chi connectivity index (χ1n) is 6.35. The number of para-hydroxylation sites is 1. The van der Waals surface area contributed by atoms with E-state index in [4.69, 9.17) is 5.11 Å². The first-order chi connectivity index (χ1) is 7.88. The van der Waals surface area contributed by atoms with Crippen LogP contribution in [0.25, 0.3) is 0 Å². The fourth-order valence-electron chi connectivity index (χ4n) is 2.74. The molecule has 0 unspecified atom stereocenters. The third-order valence-electron chi connectivity index (χ3n) is 3.73. The van der Waals surface area contributed by atoms with Crippen LogP contribution in [-0.4, -0.2) is 24.8 Å². The molecule has 2 heteroatoms. The van der Waals surface area contributed by atoms with Gasteiger partial charge in [-0.25, -0.2) is 0 Å². The number of nitrogens with zero attached hydrogens (tertiary/aromatic N) is 1. The van der Waals surface area contributed by atoms with Crippen molar-refractivity contribution < 1.29 is 5.11 Å². The van der Waals surface area contributed by atoms with Gasteiger partial charge in [0.15, 0.2) is 0 Å². The summed E-state index contributed by atoms with van der Waals surface area (Å²) < 4.78 is 0. The summed E-state index contributed by atoms with van der Waals surface area (Å²) in [5, 5.41) is 9.11. The van der Waals surface area contributed by atoms with E-state index in [-0.39, 0.29) is 6.61 Å². The van der Waals surface area contributed by atoms with Gasteiger partial charge in [0.25, 0.3) is 0 Å². The SMILES string of the molecule is OCCc1cccc2c1N(CC1CC1)CC2. The van der Waals surface area contributed by atoms with E-state index in [1.165, 1.54) is 49.2 Å². The number of rotatable bonds is 4. The lowest BCUT2D eigenvalue weighted by Gasteiger charge is -2.22. The highest BCUT2D eigenvalue weighted by atomic mass is 16.2. The standard InChI is InChI=1S/C14H19NO/c16-9-7-13-3-1-2-12-6-8-15(14(12)13)10-11-4-5-11/h1-3,11,16H,4-10H2. The summed E-state index contributed by atoms with van der Waals surface area (Å²) in [5.74, 6) is 0.938. The topological polar surface area (TPSA) is 23.5 Å². The van der Waals surface area contributed by atoms with Gasteiger partial charge in [-0.2, -0.15) is 0 Å². The summed E-state index contributed by atoms with van der Waals surface area (Å²) in [6.07, 6.45) is 4.80. The molecule has 0 saturated heterocycles. The van der Waals surface area contributed by atoms with Gasteiger partial charge in [-0.3, -0.25) is 0 Å². The number of aliphatic hydroxyl groups excluding tert-OH is 1. The van der Waals surface area contributed by atoms with Crippen molar-refractivity contribution in [3.05, 3.63) is 29.3 Å². The number of hydrogen-bond acceptors (Lipinski definition) is 2. The second-order valence-corrected chi connectivity index (χ2v) is 5.04. The van der Waals surface area contributed by atoms with Crippen LogP contribution in [0.4, 0.5) is 5.69 Å². The Balaban J connectivity index is 1.88. The minimum absolute atomic E-state index is 0.258. The molecule has 1 N–H and O–H groups in total. The minimum atomic E-state index is 0.258. The number of benzene rings is 1. The van der Waals surface area contributed by atoms with Crippen molar-refractivity contribution in [2.45, 2.75) is 25.7 Å². The Morgan fingerprint density at radius 2 is 2.19 bits per heavy atom. The molecule has 0 amide bonds. The summed E-state index contributed by atoms with van der Waals surface area (Å²) in [6.45, 7) is 2.66.